The van der Waals surface area contributed by atoms with E-state index in [4.69, 9.17) is 14.4 Å². The molecule has 0 aliphatic heterocycles. The topological polar surface area (TPSA) is 50.2 Å². The molecule has 0 unspecified atom stereocenters. The third kappa shape index (κ3) is 4.96. The van der Waals surface area contributed by atoms with Crippen LogP contribution >= 0.6 is 0 Å². The average Bonchev–Trinajstić information content (AvgIpc) is 3.51. The molecule has 218 valence electrons. The molecule has 1 aromatic heterocycles. The molecule has 0 aliphatic carbocycles. The number of amidine groups is 2. The van der Waals surface area contributed by atoms with Gasteiger partial charge in [0, 0.05) is 21.9 Å². The van der Waals surface area contributed by atoms with Crippen molar-refractivity contribution in [3.8, 4) is 11.1 Å². The molecule has 4 heteroatoms. The van der Waals surface area contributed by atoms with E-state index in [0.29, 0.717) is 18.2 Å². The SMILES string of the molecule is C=N/C(=N\C(=N/Cc1ccccc1)c1ccccc1)c1cccc2oc3ccc(-c4cc5ccccc5c5ccccc45)cc3c12. The maximum atomic E-state index is 6.38. The van der Waals surface area contributed by atoms with Crippen molar-refractivity contribution in [1.82, 2.24) is 0 Å². The van der Waals surface area contributed by atoms with Gasteiger partial charge in [0.1, 0.15) is 11.2 Å². The predicted molar refractivity (Wildman–Crippen MR) is 193 cm³/mol. The van der Waals surface area contributed by atoms with Crippen LogP contribution in [-0.2, 0) is 6.54 Å². The van der Waals surface area contributed by atoms with Gasteiger partial charge >= 0.3 is 0 Å². The number of aliphatic imine (C=N–C) groups is 3. The van der Waals surface area contributed by atoms with Gasteiger partial charge in [0.25, 0.3) is 0 Å². The number of nitrogens with zero attached hydrogens (tertiary/aromatic N) is 3. The van der Waals surface area contributed by atoms with Gasteiger partial charge in [0.05, 0.1) is 6.54 Å². The first-order valence-electron chi connectivity index (χ1n) is 15.3. The van der Waals surface area contributed by atoms with Gasteiger partial charge in [-0.2, -0.15) is 0 Å². The molecule has 7 aromatic carbocycles. The van der Waals surface area contributed by atoms with Crippen molar-refractivity contribution in [3.63, 3.8) is 0 Å². The standard InChI is InChI=1S/C42H29N3O/c1-43-42(45-41(29-15-6-3-7-16-29)44-27-28-13-4-2-5-14-28)35-21-12-22-39-40(35)37-26-31(23-24-38(37)46-39)36-25-30-17-8-9-18-32(30)33-19-10-11-20-34(33)36/h2-26H,1,27H2/b44-41-,45-42-. The Kier molecular flexibility index (Phi) is 7.01. The van der Waals surface area contributed by atoms with Crippen LogP contribution in [0.25, 0.3) is 54.6 Å². The Hall–Kier alpha value is -6.13. The molecule has 46 heavy (non-hydrogen) atoms. The van der Waals surface area contributed by atoms with Gasteiger partial charge < -0.3 is 4.42 Å². The summed E-state index contributed by atoms with van der Waals surface area (Å²) in [6.45, 7) is 4.44. The molecule has 0 amide bonds. The van der Waals surface area contributed by atoms with Crippen molar-refractivity contribution >= 4 is 61.9 Å². The Morgan fingerprint density at radius 2 is 1.28 bits per heavy atom. The highest BCUT2D eigenvalue weighted by molar-refractivity contribution is 6.22. The van der Waals surface area contributed by atoms with Gasteiger partial charge in [-0.15, -0.1) is 0 Å². The number of hydrogen-bond acceptors (Lipinski definition) is 2. The highest BCUT2D eigenvalue weighted by Gasteiger charge is 2.17. The number of hydrogen-bond donors (Lipinski definition) is 0. The maximum Gasteiger partial charge on any atom is 0.161 e. The van der Waals surface area contributed by atoms with Crippen molar-refractivity contribution in [2.24, 2.45) is 15.0 Å². The number of benzene rings is 7. The zero-order valence-electron chi connectivity index (χ0n) is 25.1. The molecule has 0 aliphatic rings. The van der Waals surface area contributed by atoms with Gasteiger partial charge in [-0.25, -0.2) is 9.98 Å². The molecular weight excluding hydrogens is 562 g/mol. The van der Waals surface area contributed by atoms with Crippen LogP contribution < -0.4 is 0 Å². The number of rotatable bonds is 5. The summed E-state index contributed by atoms with van der Waals surface area (Å²) < 4.78 is 6.38. The van der Waals surface area contributed by atoms with Gasteiger partial charge in [-0.1, -0.05) is 127 Å². The predicted octanol–water partition coefficient (Wildman–Crippen LogP) is 10.7. The van der Waals surface area contributed by atoms with Crippen molar-refractivity contribution in [2.75, 3.05) is 0 Å². The monoisotopic (exact) mass is 591 g/mol. The fourth-order valence-electron chi connectivity index (χ4n) is 6.28. The van der Waals surface area contributed by atoms with Crippen LogP contribution in [0.1, 0.15) is 16.7 Å². The molecule has 0 saturated heterocycles. The largest absolute Gasteiger partial charge is 0.456 e. The third-order valence-electron chi connectivity index (χ3n) is 8.46. The average molecular weight is 592 g/mol. The first-order valence-corrected chi connectivity index (χ1v) is 15.3. The van der Waals surface area contributed by atoms with E-state index < -0.39 is 0 Å². The lowest BCUT2D eigenvalue weighted by molar-refractivity contribution is 0.669. The third-order valence-corrected chi connectivity index (χ3v) is 8.46. The van der Waals surface area contributed by atoms with E-state index in [-0.39, 0.29) is 0 Å². The fourth-order valence-corrected chi connectivity index (χ4v) is 6.28. The maximum absolute atomic E-state index is 6.38. The Morgan fingerprint density at radius 1 is 0.565 bits per heavy atom. The molecule has 0 radical (unpaired) electrons. The minimum absolute atomic E-state index is 0.491. The van der Waals surface area contributed by atoms with Crippen LogP contribution in [0.15, 0.2) is 171 Å². The van der Waals surface area contributed by atoms with Gasteiger partial charge in [0.2, 0.25) is 0 Å². The summed E-state index contributed by atoms with van der Waals surface area (Å²) in [4.78, 5) is 14.4. The highest BCUT2D eigenvalue weighted by Crippen LogP contribution is 2.39. The van der Waals surface area contributed by atoms with Crippen molar-refractivity contribution in [2.45, 2.75) is 6.54 Å². The van der Waals surface area contributed by atoms with Crippen LogP contribution in [0, 0.1) is 0 Å². The number of furan rings is 1. The quantitative estimate of drug-likeness (QED) is 0.112. The van der Waals surface area contributed by atoms with Gasteiger partial charge in [-0.3, -0.25) is 4.99 Å². The van der Waals surface area contributed by atoms with E-state index >= 15 is 0 Å². The van der Waals surface area contributed by atoms with E-state index in [2.05, 4.69) is 96.6 Å². The van der Waals surface area contributed by atoms with Crippen LogP contribution in [0.3, 0.4) is 0 Å². The van der Waals surface area contributed by atoms with E-state index in [9.17, 15) is 0 Å². The Balaban J connectivity index is 1.31. The molecule has 0 saturated carbocycles. The van der Waals surface area contributed by atoms with E-state index in [0.717, 1.165) is 44.2 Å². The second kappa shape index (κ2) is 11.8. The van der Waals surface area contributed by atoms with Gasteiger partial charge in [0.15, 0.2) is 11.7 Å². The Labute approximate surface area is 266 Å². The molecule has 0 bridgehead atoms. The molecule has 4 nitrogen and oxygen atoms in total. The van der Waals surface area contributed by atoms with Crippen LogP contribution in [0.5, 0.6) is 0 Å². The molecular formula is C42H29N3O. The molecule has 0 atom stereocenters. The van der Waals surface area contributed by atoms with Crippen molar-refractivity contribution < 1.29 is 4.42 Å². The summed E-state index contributed by atoms with van der Waals surface area (Å²) >= 11 is 0. The van der Waals surface area contributed by atoms with E-state index in [1.807, 2.05) is 66.7 Å². The molecule has 8 aromatic rings. The summed E-state index contributed by atoms with van der Waals surface area (Å²) in [5.74, 6) is 1.09. The summed E-state index contributed by atoms with van der Waals surface area (Å²) in [7, 11) is 0. The Bertz CT molecular complexity index is 2460. The molecule has 0 fully saturated rings. The Morgan fingerprint density at radius 3 is 2.09 bits per heavy atom. The molecule has 0 N–H and O–H groups in total. The lowest BCUT2D eigenvalue weighted by Gasteiger charge is -2.11. The van der Waals surface area contributed by atoms with Gasteiger partial charge in [-0.05, 0) is 69.2 Å². The van der Waals surface area contributed by atoms with Crippen molar-refractivity contribution in [1.29, 1.82) is 0 Å². The van der Waals surface area contributed by atoms with Crippen LogP contribution in [0.2, 0.25) is 0 Å². The summed E-state index contributed by atoms with van der Waals surface area (Å²) in [6, 6.07) is 52.1. The molecule has 1 heterocycles. The molecule has 8 rings (SSSR count). The van der Waals surface area contributed by atoms with Crippen LogP contribution in [0.4, 0.5) is 0 Å². The summed E-state index contributed by atoms with van der Waals surface area (Å²) in [5.41, 5.74) is 6.73. The second-order valence-corrected chi connectivity index (χ2v) is 11.3. The first-order chi connectivity index (χ1) is 22.8. The van der Waals surface area contributed by atoms with Crippen molar-refractivity contribution in [3.05, 3.63) is 168 Å². The summed E-state index contributed by atoms with van der Waals surface area (Å²) in [5, 5.41) is 6.86. The first kappa shape index (κ1) is 27.4. The highest BCUT2D eigenvalue weighted by atomic mass is 16.3. The minimum Gasteiger partial charge on any atom is -0.456 e. The lowest BCUT2D eigenvalue weighted by Crippen LogP contribution is -2.06. The molecule has 0 spiro atoms. The smallest absolute Gasteiger partial charge is 0.161 e. The van der Waals surface area contributed by atoms with Crippen LogP contribution in [-0.4, -0.2) is 18.4 Å². The fraction of sp³-hybridized carbons (Fsp3) is 0.0238. The summed E-state index contributed by atoms with van der Waals surface area (Å²) in [6.07, 6.45) is 0. The number of fused-ring (bicyclic) bond motifs is 6. The normalized spacial score (nSPS) is 12.3. The second-order valence-electron chi connectivity index (χ2n) is 11.3. The lowest BCUT2D eigenvalue weighted by atomic mass is 9.92. The zero-order chi connectivity index (χ0) is 30.9. The van der Waals surface area contributed by atoms with E-state index in [1.165, 1.54) is 27.1 Å². The van der Waals surface area contributed by atoms with E-state index in [1.54, 1.807) is 0 Å². The zero-order valence-corrected chi connectivity index (χ0v) is 25.1. The minimum atomic E-state index is 0.491.